The summed E-state index contributed by atoms with van der Waals surface area (Å²) in [6.45, 7) is 4.41. The minimum absolute atomic E-state index is 0.166. The Hall–Kier alpha value is -2.22. The quantitative estimate of drug-likeness (QED) is 0.526. The van der Waals surface area contributed by atoms with Crippen molar-refractivity contribution in [2.75, 3.05) is 17.7 Å². The number of nitrogens with zero attached hydrogens (tertiary/aromatic N) is 3. The molecule has 0 saturated heterocycles. The van der Waals surface area contributed by atoms with E-state index in [1.807, 2.05) is 42.7 Å². The van der Waals surface area contributed by atoms with Crippen molar-refractivity contribution in [2.45, 2.75) is 19.0 Å². The van der Waals surface area contributed by atoms with Crippen LogP contribution >= 0.6 is 35.0 Å². The molecule has 1 heterocycles. The van der Waals surface area contributed by atoms with Crippen molar-refractivity contribution in [3.8, 4) is 11.4 Å². The number of hydrogen-bond acceptors (Lipinski definition) is 5. The van der Waals surface area contributed by atoms with Gasteiger partial charge in [-0.2, -0.15) is 0 Å². The highest BCUT2D eigenvalue weighted by Gasteiger charge is 2.14. The van der Waals surface area contributed by atoms with Gasteiger partial charge in [-0.25, -0.2) is 0 Å². The van der Waals surface area contributed by atoms with Gasteiger partial charge in [-0.3, -0.25) is 9.36 Å². The molecule has 1 aromatic heterocycles. The van der Waals surface area contributed by atoms with Crippen LogP contribution in [-0.2, 0) is 4.79 Å². The van der Waals surface area contributed by atoms with Gasteiger partial charge in [0.1, 0.15) is 11.6 Å². The fraction of sp³-hybridized carbons (Fsp3) is 0.211. The Bertz CT molecular complexity index is 956. The Morgan fingerprint density at radius 3 is 2.46 bits per heavy atom. The zero-order valence-corrected chi connectivity index (χ0v) is 17.6. The molecule has 0 saturated carbocycles. The smallest absolute Gasteiger partial charge is 0.234 e. The lowest BCUT2D eigenvalue weighted by molar-refractivity contribution is -0.113. The molecule has 0 aliphatic heterocycles. The maximum Gasteiger partial charge on any atom is 0.234 e. The Balaban J connectivity index is 1.69. The van der Waals surface area contributed by atoms with E-state index in [1.165, 1.54) is 11.8 Å². The Morgan fingerprint density at radius 1 is 1.14 bits per heavy atom. The van der Waals surface area contributed by atoms with Crippen LogP contribution in [0, 0.1) is 6.92 Å². The van der Waals surface area contributed by atoms with Crippen molar-refractivity contribution >= 4 is 46.6 Å². The van der Waals surface area contributed by atoms with Crippen LogP contribution in [0.1, 0.15) is 12.7 Å². The molecule has 1 N–H and O–H groups in total. The van der Waals surface area contributed by atoms with E-state index >= 15 is 0 Å². The number of ether oxygens (including phenoxy) is 1. The predicted octanol–water partition coefficient (Wildman–Crippen LogP) is 5.01. The van der Waals surface area contributed by atoms with E-state index in [-0.39, 0.29) is 11.7 Å². The Morgan fingerprint density at radius 2 is 1.82 bits per heavy atom. The van der Waals surface area contributed by atoms with E-state index in [2.05, 4.69) is 15.5 Å². The number of aromatic nitrogens is 3. The van der Waals surface area contributed by atoms with Gasteiger partial charge in [0, 0.05) is 21.4 Å². The molecule has 0 aliphatic rings. The average Bonchev–Trinajstić information content (AvgIpc) is 3.01. The zero-order chi connectivity index (χ0) is 20.1. The highest BCUT2D eigenvalue weighted by Crippen LogP contribution is 2.25. The number of benzene rings is 2. The third kappa shape index (κ3) is 5.19. The predicted molar refractivity (Wildman–Crippen MR) is 113 cm³/mol. The van der Waals surface area contributed by atoms with E-state index in [0.29, 0.717) is 27.5 Å². The van der Waals surface area contributed by atoms with Crippen LogP contribution in [0.5, 0.6) is 5.75 Å². The molecule has 0 spiro atoms. The molecule has 6 nitrogen and oxygen atoms in total. The monoisotopic (exact) mass is 436 g/mol. The molecule has 3 aromatic rings. The van der Waals surface area contributed by atoms with Gasteiger partial charge in [-0.05, 0) is 56.3 Å². The fourth-order valence-corrected chi connectivity index (χ4v) is 3.87. The summed E-state index contributed by atoms with van der Waals surface area (Å²) in [6.07, 6.45) is 0. The minimum atomic E-state index is -0.192. The van der Waals surface area contributed by atoms with Gasteiger partial charge in [0.25, 0.3) is 0 Å². The molecular weight excluding hydrogens is 419 g/mol. The number of hydrogen-bond donors (Lipinski definition) is 1. The number of aryl methyl sites for hydroxylation is 1. The number of rotatable bonds is 7. The molecule has 28 heavy (non-hydrogen) atoms. The van der Waals surface area contributed by atoms with E-state index < -0.39 is 0 Å². The summed E-state index contributed by atoms with van der Waals surface area (Å²) >= 11 is 13.2. The summed E-state index contributed by atoms with van der Waals surface area (Å²) in [4.78, 5) is 12.3. The molecule has 3 rings (SSSR count). The molecule has 2 aromatic carbocycles. The number of amides is 1. The maximum absolute atomic E-state index is 12.3. The molecule has 0 fully saturated rings. The van der Waals surface area contributed by atoms with E-state index in [4.69, 9.17) is 27.9 Å². The van der Waals surface area contributed by atoms with Gasteiger partial charge in [-0.1, -0.05) is 35.0 Å². The van der Waals surface area contributed by atoms with Gasteiger partial charge in [0.05, 0.1) is 12.4 Å². The highest BCUT2D eigenvalue weighted by molar-refractivity contribution is 7.99. The molecule has 0 unspecified atom stereocenters. The first-order valence-electron chi connectivity index (χ1n) is 8.50. The summed E-state index contributed by atoms with van der Waals surface area (Å²) < 4.78 is 7.37. The highest BCUT2D eigenvalue weighted by atomic mass is 35.5. The van der Waals surface area contributed by atoms with Crippen LogP contribution in [0.2, 0.25) is 10.0 Å². The van der Waals surface area contributed by atoms with Crippen molar-refractivity contribution in [3.63, 3.8) is 0 Å². The second kappa shape index (κ2) is 9.32. The fourth-order valence-electron chi connectivity index (χ4n) is 2.54. The third-order valence-electron chi connectivity index (χ3n) is 3.68. The lowest BCUT2D eigenvalue weighted by Gasteiger charge is -2.10. The largest absolute Gasteiger partial charge is 0.494 e. The summed E-state index contributed by atoms with van der Waals surface area (Å²) in [5, 5.41) is 12.6. The van der Waals surface area contributed by atoms with Crippen molar-refractivity contribution in [1.29, 1.82) is 0 Å². The molecule has 0 aliphatic carbocycles. The number of carbonyl (C=O) groups is 1. The van der Waals surface area contributed by atoms with E-state index in [9.17, 15) is 4.79 Å². The van der Waals surface area contributed by atoms with Gasteiger partial charge >= 0.3 is 0 Å². The first-order chi connectivity index (χ1) is 13.5. The first kappa shape index (κ1) is 20.5. The van der Waals surface area contributed by atoms with Crippen molar-refractivity contribution in [3.05, 3.63) is 58.3 Å². The molecular formula is C19H18Cl2N4O2S. The van der Waals surface area contributed by atoms with E-state index in [0.717, 1.165) is 17.3 Å². The van der Waals surface area contributed by atoms with Crippen LogP contribution in [-0.4, -0.2) is 33.0 Å². The summed E-state index contributed by atoms with van der Waals surface area (Å²) in [7, 11) is 0. The van der Waals surface area contributed by atoms with Crippen LogP contribution < -0.4 is 10.1 Å². The van der Waals surface area contributed by atoms with Gasteiger partial charge in [0.2, 0.25) is 5.91 Å². The normalized spacial score (nSPS) is 10.7. The van der Waals surface area contributed by atoms with Gasteiger partial charge in [0.15, 0.2) is 5.16 Å². The second-order valence-corrected chi connectivity index (χ2v) is 7.60. The summed E-state index contributed by atoms with van der Waals surface area (Å²) in [6, 6.07) is 12.5. The standard InChI is InChI=1S/C19H18Cl2N4O2S/c1-3-27-17-6-4-16(5-7-17)25-12(2)23-24-19(25)28-11-18(26)22-15-9-13(20)8-14(21)10-15/h4-10H,3,11H2,1-2H3,(H,22,26). The molecule has 146 valence electrons. The van der Waals surface area contributed by atoms with Crippen LogP contribution in [0.4, 0.5) is 5.69 Å². The van der Waals surface area contributed by atoms with Crippen LogP contribution in [0.3, 0.4) is 0 Å². The number of nitrogens with one attached hydrogen (secondary N) is 1. The molecule has 0 radical (unpaired) electrons. The Kier molecular flexibility index (Phi) is 6.83. The number of thioether (sulfide) groups is 1. The molecule has 1 amide bonds. The SMILES string of the molecule is CCOc1ccc(-n2c(C)nnc2SCC(=O)Nc2cc(Cl)cc(Cl)c2)cc1. The van der Waals surface area contributed by atoms with Gasteiger partial charge < -0.3 is 10.1 Å². The van der Waals surface area contributed by atoms with E-state index in [1.54, 1.807) is 18.2 Å². The number of halogens is 2. The number of carbonyl (C=O) groups excluding carboxylic acids is 1. The van der Waals surface area contributed by atoms with Crippen LogP contribution in [0.25, 0.3) is 5.69 Å². The second-order valence-electron chi connectivity index (χ2n) is 5.79. The minimum Gasteiger partial charge on any atom is -0.494 e. The van der Waals surface area contributed by atoms with Crippen molar-refractivity contribution in [1.82, 2.24) is 14.8 Å². The van der Waals surface area contributed by atoms with Crippen LogP contribution in [0.15, 0.2) is 47.6 Å². The molecule has 9 heteroatoms. The third-order valence-corrected chi connectivity index (χ3v) is 5.05. The zero-order valence-electron chi connectivity index (χ0n) is 15.3. The summed E-state index contributed by atoms with van der Waals surface area (Å²) in [5.74, 6) is 1.50. The lowest BCUT2D eigenvalue weighted by Crippen LogP contribution is -2.14. The van der Waals surface area contributed by atoms with Crippen molar-refractivity contribution in [2.24, 2.45) is 0 Å². The average molecular weight is 437 g/mol. The summed E-state index contributed by atoms with van der Waals surface area (Å²) in [5.41, 5.74) is 1.45. The molecule has 0 bridgehead atoms. The number of anilines is 1. The topological polar surface area (TPSA) is 69.0 Å². The van der Waals surface area contributed by atoms with Crippen molar-refractivity contribution < 1.29 is 9.53 Å². The first-order valence-corrected chi connectivity index (χ1v) is 10.2. The Labute approximate surface area is 177 Å². The lowest BCUT2D eigenvalue weighted by atomic mass is 10.3. The maximum atomic E-state index is 12.3. The van der Waals surface area contributed by atoms with Gasteiger partial charge in [-0.15, -0.1) is 10.2 Å². The molecule has 0 atom stereocenters.